The van der Waals surface area contributed by atoms with Crippen molar-refractivity contribution >= 4 is 11.7 Å². The molecule has 0 saturated carbocycles. The number of hydrogen-bond donors (Lipinski definition) is 1. The first kappa shape index (κ1) is 13.7. The van der Waals surface area contributed by atoms with Crippen molar-refractivity contribution in [3.05, 3.63) is 33.8 Å². The molecule has 106 valence electrons. The highest BCUT2D eigenvalue weighted by Gasteiger charge is 2.28. The van der Waals surface area contributed by atoms with E-state index in [4.69, 9.17) is 5.11 Å². The molecule has 0 aliphatic carbocycles. The largest absolute Gasteiger partial charge is 0.478 e. The van der Waals surface area contributed by atoms with Crippen molar-refractivity contribution in [1.82, 2.24) is 19.6 Å². The van der Waals surface area contributed by atoms with E-state index in [-0.39, 0.29) is 17.1 Å². The van der Waals surface area contributed by atoms with Gasteiger partial charge in [-0.1, -0.05) is 13.3 Å². The first-order chi connectivity index (χ1) is 9.45. The summed E-state index contributed by atoms with van der Waals surface area (Å²) in [6, 6.07) is 0. The molecule has 20 heavy (non-hydrogen) atoms. The van der Waals surface area contributed by atoms with Crippen LogP contribution in [0.15, 0.2) is 12.4 Å². The fraction of sp³-hybridized carbons (Fsp3) is 0.364. The van der Waals surface area contributed by atoms with Crippen molar-refractivity contribution in [2.75, 3.05) is 0 Å². The second-order valence-corrected chi connectivity index (χ2v) is 4.23. The van der Waals surface area contributed by atoms with Crippen LogP contribution in [0.25, 0.3) is 5.82 Å². The first-order valence-electron chi connectivity index (χ1n) is 5.94. The van der Waals surface area contributed by atoms with Gasteiger partial charge in [0.05, 0.1) is 16.7 Å². The van der Waals surface area contributed by atoms with Crippen molar-refractivity contribution in [3.8, 4) is 5.82 Å². The van der Waals surface area contributed by atoms with E-state index in [0.717, 1.165) is 17.3 Å². The molecule has 0 aliphatic heterocycles. The van der Waals surface area contributed by atoms with E-state index in [1.807, 2.05) is 6.92 Å². The Morgan fingerprint density at radius 2 is 2.25 bits per heavy atom. The molecule has 0 saturated heterocycles. The molecule has 0 aliphatic rings. The summed E-state index contributed by atoms with van der Waals surface area (Å²) in [5, 5.41) is 28.1. The Labute approximate surface area is 113 Å². The van der Waals surface area contributed by atoms with Gasteiger partial charge in [0.2, 0.25) is 5.82 Å². The van der Waals surface area contributed by atoms with Crippen LogP contribution >= 0.6 is 0 Å². The van der Waals surface area contributed by atoms with Gasteiger partial charge in [0.15, 0.2) is 0 Å². The first-order valence-corrected chi connectivity index (χ1v) is 5.94. The summed E-state index contributed by atoms with van der Waals surface area (Å²) in [6.07, 6.45) is 3.55. The molecule has 1 N–H and O–H groups in total. The number of carboxylic acid groups (broad SMARTS) is 1. The lowest BCUT2D eigenvalue weighted by Gasteiger charge is -2.00. The lowest BCUT2D eigenvalue weighted by Crippen LogP contribution is -2.05. The Morgan fingerprint density at radius 1 is 1.55 bits per heavy atom. The fourth-order valence-electron chi connectivity index (χ4n) is 1.96. The third-order valence-electron chi connectivity index (χ3n) is 2.78. The van der Waals surface area contributed by atoms with Crippen LogP contribution < -0.4 is 0 Å². The fourth-order valence-corrected chi connectivity index (χ4v) is 1.96. The van der Waals surface area contributed by atoms with Gasteiger partial charge >= 0.3 is 11.7 Å². The van der Waals surface area contributed by atoms with E-state index in [2.05, 4.69) is 10.2 Å². The standard InChI is InChI=1S/C11H13N5O4/c1-3-4-8-9(16(19)20)10(14(2)13-8)15-6-7(5-12-15)11(17)18/h5-6H,3-4H2,1-2H3,(H,17,18). The van der Waals surface area contributed by atoms with E-state index in [1.165, 1.54) is 10.9 Å². The minimum atomic E-state index is -1.14. The maximum Gasteiger partial charge on any atom is 0.338 e. The predicted octanol–water partition coefficient (Wildman–Crippen LogP) is 1.16. The van der Waals surface area contributed by atoms with Crippen LogP contribution in [0.2, 0.25) is 0 Å². The lowest BCUT2D eigenvalue weighted by molar-refractivity contribution is -0.385. The number of rotatable bonds is 5. The average Bonchev–Trinajstić information content (AvgIpc) is 2.93. The van der Waals surface area contributed by atoms with Crippen LogP contribution in [0.4, 0.5) is 5.69 Å². The Balaban J connectivity index is 2.59. The van der Waals surface area contributed by atoms with Crippen LogP contribution in [0, 0.1) is 10.1 Å². The SMILES string of the molecule is CCCc1nn(C)c(-n2cc(C(=O)O)cn2)c1[N+](=O)[O-]. The van der Waals surface area contributed by atoms with Crippen molar-refractivity contribution in [3.63, 3.8) is 0 Å². The second-order valence-electron chi connectivity index (χ2n) is 4.23. The molecule has 2 aromatic heterocycles. The van der Waals surface area contributed by atoms with Gasteiger partial charge in [-0.05, 0) is 6.42 Å². The Morgan fingerprint density at radius 3 is 2.75 bits per heavy atom. The van der Waals surface area contributed by atoms with Crippen molar-refractivity contribution in [1.29, 1.82) is 0 Å². The predicted molar refractivity (Wildman–Crippen MR) is 67.9 cm³/mol. The number of aromatic nitrogens is 4. The summed E-state index contributed by atoms with van der Waals surface area (Å²) >= 11 is 0. The molecule has 2 rings (SSSR count). The monoisotopic (exact) mass is 279 g/mol. The summed E-state index contributed by atoms with van der Waals surface area (Å²) in [6.45, 7) is 1.90. The van der Waals surface area contributed by atoms with E-state index >= 15 is 0 Å². The van der Waals surface area contributed by atoms with Crippen LogP contribution in [0.1, 0.15) is 29.4 Å². The summed E-state index contributed by atoms with van der Waals surface area (Å²) in [5.41, 5.74) is 0.175. The van der Waals surface area contributed by atoms with Gasteiger partial charge in [0.1, 0.15) is 5.69 Å². The van der Waals surface area contributed by atoms with E-state index in [9.17, 15) is 14.9 Å². The minimum absolute atomic E-state index is 0.0439. The number of carbonyl (C=O) groups is 1. The molecular formula is C11H13N5O4. The molecule has 0 atom stereocenters. The molecule has 0 bridgehead atoms. The summed E-state index contributed by atoms with van der Waals surface area (Å²) in [4.78, 5) is 21.6. The maximum absolute atomic E-state index is 11.2. The number of carboxylic acids is 1. The number of nitro groups is 1. The van der Waals surface area contributed by atoms with Crippen molar-refractivity contribution in [2.24, 2.45) is 7.05 Å². The maximum atomic E-state index is 11.2. The highest BCUT2D eigenvalue weighted by atomic mass is 16.6. The highest BCUT2D eigenvalue weighted by Crippen LogP contribution is 2.27. The zero-order chi connectivity index (χ0) is 14.9. The molecule has 0 unspecified atom stereocenters. The topological polar surface area (TPSA) is 116 Å². The van der Waals surface area contributed by atoms with Crippen LogP contribution in [-0.4, -0.2) is 35.6 Å². The van der Waals surface area contributed by atoms with Gasteiger partial charge in [-0.3, -0.25) is 10.1 Å². The van der Waals surface area contributed by atoms with Gasteiger partial charge in [-0.25, -0.2) is 14.2 Å². The molecule has 0 aromatic carbocycles. The van der Waals surface area contributed by atoms with Crippen molar-refractivity contribution in [2.45, 2.75) is 19.8 Å². The molecule has 0 spiro atoms. The number of hydrogen-bond acceptors (Lipinski definition) is 5. The second kappa shape index (κ2) is 5.11. The summed E-state index contributed by atoms with van der Waals surface area (Å²) < 4.78 is 2.50. The summed E-state index contributed by atoms with van der Waals surface area (Å²) in [7, 11) is 1.56. The molecule has 2 heterocycles. The number of nitrogens with zero attached hydrogens (tertiary/aromatic N) is 5. The summed E-state index contributed by atoms with van der Waals surface area (Å²) in [5.74, 6) is -0.999. The Kier molecular flexibility index (Phi) is 3.51. The Bertz CT molecular complexity index is 672. The third-order valence-corrected chi connectivity index (χ3v) is 2.78. The van der Waals surface area contributed by atoms with Gasteiger partial charge in [0, 0.05) is 13.2 Å². The van der Waals surface area contributed by atoms with Crippen LogP contribution in [0.5, 0.6) is 0 Å². The van der Waals surface area contributed by atoms with Crippen LogP contribution in [-0.2, 0) is 13.5 Å². The smallest absolute Gasteiger partial charge is 0.338 e. The molecular weight excluding hydrogens is 266 g/mol. The van der Waals surface area contributed by atoms with Gasteiger partial charge in [-0.15, -0.1) is 0 Å². The van der Waals surface area contributed by atoms with E-state index in [1.54, 1.807) is 7.05 Å². The zero-order valence-corrected chi connectivity index (χ0v) is 11.0. The Hall–Kier alpha value is -2.71. The molecule has 0 amide bonds. The zero-order valence-electron chi connectivity index (χ0n) is 11.0. The molecule has 0 fully saturated rings. The normalized spacial score (nSPS) is 10.7. The number of aryl methyl sites for hydroxylation is 2. The average molecular weight is 279 g/mol. The van der Waals surface area contributed by atoms with Gasteiger partial charge in [-0.2, -0.15) is 10.2 Å². The van der Waals surface area contributed by atoms with Crippen molar-refractivity contribution < 1.29 is 14.8 Å². The lowest BCUT2D eigenvalue weighted by atomic mass is 10.2. The van der Waals surface area contributed by atoms with E-state index in [0.29, 0.717) is 12.1 Å². The minimum Gasteiger partial charge on any atom is -0.478 e. The molecule has 0 radical (unpaired) electrons. The molecule has 9 heteroatoms. The van der Waals surface area contributed by atoms with Gasteiger partial charge in [0.25, 0.3) is 0 Å². The van der Waals surface area contributed by atoms with Crippen LogP contribution in [0.3, 0.4) is 0 Å². The molecule has 9 nitrogen and oxygen atoms in total. The molecule has 2 aromatic rings. The highest BCUT2D eigenvalue weighted by molar-refractivity contribution is 5.87. The third kappa shape index (κ3) is 2.25. The van der Waals surface area contributed by atoms with E-state index < -0.39 is 10.9 Å². The number of aromatic carboxylic acids is 1. The van der Waals surface area contributed by atoms with Gasteiger partial charge < -0.3 is 5.11 Å². The quantitative estimate of drug-likeness (QED) is 0.648.